The van der Waals surface area contributed by atoms with Crippen LogP contribution in [0.5, 0.6) is 11.5 Å². The molecule has 2 aromatic rings. The lowest BCUT2D eigenvalue weighted by molar-refractivity contribution is 0.0942. The van der Waals surface area contributed by atoms with Gasteiger partial charge < -0.3 is 10.2 Å². The quantitative estimate of drug-likeness (QED) is 0.420. The van der Waals surface area contributed by atoms with Gasteiger partial charge in [-0.1, -0.05) is 30.3 Å². The summed E-state index contributed by atoms with van der Waals surface area (Å²) in [5, 5.41) is 18.6. The van der Waals surface area contributed by atoms with Gasteiger partial charge in [0.1, 0.15) is 0 Å². The average molecular weight is 367 g/mol. The van der Waals surface area contributed by atoms with Crippen molar-refractivity contribution in [1.82, 2.24) is 4.90 Å². The minimum absolute atomic E-state index is 0.0984. The number of hydrogen-bond donors (Lipinski definition) is 3. The molecule has 8 heteroatoms. The summed E-state index contributed by atoms with van der Waals surface area (Å²) in [7, 11) is -1.80. The molecule has 0 unspecified atom stereocenters. The van der Waals surface area contributed by atoms with Gasteiger partial charge in [-0.3, -0.25) is 14.2 Å². The largest absolute Gasteiger partial charge is 0.504 e. The summed E-state index contributed by atoms with van der Waals surface area (Å²) >= 11 is 0. The third kappa shape index (κ3) is 8.85. The Hall–Kier alpha value is -2.42. The Morgan fingerprint density at radius 1 is 1.04 bits per heavy atom. The average Bonchev–Trinajstić information content (AvgIpc) is 2.49. The zero-order chi connectivity index (χ0) is 19.0. The van der Waals surface area contributed by atoms with Crippen molar-refractivity contribution in [3.63, 3.8) is 0 Å². The maximum absolute atomic E-state index is 12.1. The maximum atomic E-state index is 12.1. The highest BCUT2D eigenvalue weighted by atomic mass is 32.2. The summed E-state index contributed by atoms with van der Waals surface area (Å²) in [6.45, 7) is 0.926. The van der Waals surface area contributed by atoms with Crippen molar-refractivity contribution in [2.75, 3.05) is 19.8 Å². The first-order valence-corrected chi connectivity index (χ1v) is 9.11. The molecule has 2 rings (SSSR count). The van der Waals surface area contributed by atoms with Crippen LogP contribution < -0.4 is 0 Å². The number of likely N-dealkylation sites (N-methyl/N-ethyl adjacent to an activating group) is 1. The number of ketones is 1. The highest BCUT2D eigenvalue weighted by Gasteiger charge is 2.11. The molecule has 0 heterocycles. The van der Waals surface area contributed by atoms with E-state index in [9.17, 15) is 23.4 Å². The molecule has 0 atom stereocenters. The van der Waals surface area contributed by atoms with Crippen LogP contribution in [0.3, 0.4) is 0 Å². The van der Waals surface area contributed by atoms with Crippen molar-refractivity contribution in [2.45, 2.75) is 6.54 Å². The van der Waals surface area contributed by atoms with Gasteiger partial charge in [-0.05, 0) is 30.8 Å². The van der Waals surface area contributed by atoms with Crippen LogP contribution in [0, 0.1) is 0 Å². The van der Waals surface area contributed by atoms with E-state index >= 15 is 0 Å². The van der Waals surface area contributed by atoms with Crippen LogP contribution in [0.2, 0.25) is 0 Å². The lowest BCUT2D eigenvalue weighted by atomic mass is 10.1. The molecule has 0 spiro atoms. The van der Waals surface area contributed by atoms with Crippen LogP contribution in [-0.2, 0) is 16.7 Å². The maximum Gasteiger partial charge on any atom is 0.261 e. The predicted octanol–water partition coefficient (Wildman–Crippen LogP) is 1.92. The molecule has 0 aliphatic heterocycles. The molecule has 7 nitrogen and oxygen atoms in total. The molecule has 0 aliphatic rings. The highest BCUT2D eigenvalue weighted by Crippen LogP contribution is 2.25. The van der Waals surface area contributed by atoms with E-state index in [2.05, 4.69) is 0 Å². The van der Waals surface area contributed by atoms with E-state index in [1.54, 1.807) is 0 Å². The number of nitrogens with zero attached hydrogens (tertiary/aromatic N) is 1. The van der Waals surface area contributed by atoms with Crippen LogP contribution in [0.25, 0.3) is 0 Å². The molecule has 0 aromatic heterocycles. The smallest absolute Gasteiger partial charge is 0.261 e. The molecule has 0 saturated heterocycles. The minimum Gasteiger partial charge on any atom is -0.504 e. The number of carbonyl (C=O) groups is 1. The fourth-order valence-corrected chi connectivity index (χ4v) is 1.98. The molecular weight excluding hydrogens is 346 g/mol. The summed E-state index contributed by atoms with van der Waals surface area (Å²) < 4.78 is 25.9. The van der Waals surface area contributed by atoms with E-state index < -0.39 is 10.1 Å². The van der Waals surface area contributed by atoms with Gasteiger partial charge in [0.15, 0.2) is 17.3 Å². The monoisotopic (exact) mass is 367 g/mol. The van der Waals surface area contributed by atoms with E-state index in [1.807, 2.05) is 42.3 Å². The zero-order valence-corrected chi connectivity index (χ0v) is 14.8. The first kappa shape index (κ1) is 20.6. The van der Waals surface area contributed by atoms with Crippen LogP contribution in [0.1, 0.15) is 15.9 Å². The van der Waals surface area contributed by atoms with E-state index in [0.717, 1.165) is 5.56 Å². The van der Waals surface area contributed by atoms with Gasteiger partial charge in [0.25, 0.3) is 10.1 Å². The van der Waals surface area contributed by atoms with Crippen molar-refractivity contribution in [2.24, 2.45) is 0 Å². The molecule has 3 N–H and O–H groups in total. The second-order valence-corrected chi connectivity index (χ2v) is 6.98. The molecule has 136 valence electrons. The highest BCUT2D eigenvalue weighted by molar-refractivity contribution is 7.85. The second kappa shape index (κ2) is 9.16. The van der Waals surface area contributed by atoms with Crippen LogP contribution in [0.15, 0.2) is 48.5 Å². The van der Waals surface area contributed by atoms with E-state index in [-0.39, 0.29) is 23.8 Å². The Labute approximate surface area is 146 Å². The number of phenolic OH excluding ortho intramolecular Hbond substituents is 2. The number of rotatable bonds is 5. The topological polar surface area (TPSA) is 115 Å². The number of aromatic hydroxyl groups is 2. The van der Waals surface area contributed by atoms with Gasteiger partial charge in [-0.25, -0.2) is 0 Å². The molecule has 0 amide bonds. The minimum atomic E-state index is -3.67. The van der Waals surface area contributed by atoms with Crippen molar-refractivity contribution in [3.8, 4) is 11.5 Å². The third-order valence-corrected chi connectivity index (χ3v) is 3.01. The Morgan fingerprint density at radius 3 is 2.12 bits per heavy atom. The molecule has 0 bridgehead atoms. The summed E-state index contributed by atoms with van der Waals surface area (Å²) in [5.74, 6) is -0.598. The first-order chi connectivity index (χ1) is 11.6. The molecular formula is C17H21NO6S. The van der Waals surface area contributed by atoms with E-state index in [4.69, 9.17) is 4.55 Å². The zero-order valence-electron chi connectivity index (χ0n) is 14.0. The fourth-order valence-electron chi connectivity index (χ4n) is 1.98. The second-order valence-electron chi connectivity index (χ2n) is 5.52. The Kier molecular flexibility index (Phi) is 7.56. The van der Waals surface area contributed by atoms with Gasteiger partial charge in [0, 0.05) is 12.1 Å². The standard InChI is InChI=1S/C16H17NO3.CH4O3S/c1-17(10-12-5-3-2-4-6-12)11-16(20)13-7-8-14(18)15(19)9-13;1-5(2,3)4/h2-9,18-19H,10-11H2,1H3;1H3,(H,2,3,4). The predicted molar refractivity (Wildman–Crippen MR) is 94.4 cm³/mol. The number of carbonyl (C=O) groups excluding carboxylic acids is 1. The van der Waals surface area contributed by atoms with Crippen molar-refractivity contribution in [1.29, 1.82) is 0 Å². The summed E-state index contributed by atoms with van der Waals surface area (Å²) in [4.78, 5) is 14.0. The lowest BCUT2D eigenvalue weighted by Crippen LogP contribution is -2.25. The van der Waals surface area contributed by atoms with Crippen molar-refractivity contribution in [3.05, 3.63) is 59.7 Å². The van der Waals surface area contributed by atoms with Crippen molar-refractivity contribution >= 4 is 15.9 Å². The van der Waals surface area contributed by atoms with Gasteiger partial charge in [0.05, 0.1) is 12.8 Å². The first-order valence-electron chi connectivity index (χ1n) is 7.26. The normalized spacial score (nSPS) is 10.9. The summed E-state index contributed by atoms with van der Waals surface area (Å²) in [6, 6.07) is 14.0. The summed E-state index contributed by atoms with van der Waals surface area (Å²) in [6.07, 6.45) is 0.715. The molecule has 0 aliphatic carbocycles. The number of benzene rings is 2. The number of hydrogen-bond acceptors (Lipinski definition) is 6. The number of Topliss-reactive ketones (excluding diaryl/α,β-unsaturated/α-hetero) is 1. The third-order valence-electron chi connectivity index (χ3n) is 3.01. The van der Waals surface area contributed by atoms with Gasteiger partial charge in [-0.15, -0.1) is 0 Å². The van der Waals surface area contributed by atoms with Gasteiger partial charge in [-0.2, -0.15) is 8.42 Å². The lowest BCUT2D eigenvalue weighted by Gasteiger charge is -2.16. The number of phenols is 2. The SMILES string of the molecule is CN(CC(=O)c1ccc(O)c(O)c1)Cc1ccccc1.CS(=O)(=O)O. The van der Waals surface area contributed by atoms with Crippen LogP contribution in [0.4, 0.5) is 0 Å². The molecule has 0 fully saturated rings. The Balaban J connectivity index is 0.000000550. The molecule has 2 aromatic carbocycles. The van der Waals surface area contributed by atoms with Crippen LogP contribution in [-0.4, -0.2) is 53.7 Å². The van der Waals surface area contributed by atoms with Gasteiger partial charge in [0.2, 0.25) is 0 Å². The Bertz CT molecular complexity index is 797. The Morgan fingerprint density at radius 2 is 1.60 bits per heavy atom. The van der Waals surface area contributed by atoms with E-state index in [0.29, 0.717) is 18.4 Å². The molecule has 25 heavy (non-hydrogen) atoms. The fraction of sp³-hybridized carbons (Fsp3) is 0.235. The van der Waals surface area contributed by atoms with Gasteiger partial charge >= 0.3 is 0 Å². The summed E-state index contributed by atoms with van der Waals surface area (Å²) in [5.41, 5.74) is 1.52. The molecule has 0 saturated carbocycles. The van der Waals surface area contributed by atoms with Crippen LogP contribution >= 0.6 is 0 Å². The van der Waals surface area contributed by atoms with Crippen molar-refractivity contribution < 1.29 is 28.0 Å². The molecule has 0 radical (unpaired) electrons. The van der Waals surface area contributed by atoms with E-state index in [1.165, 1.54) is 18.2 Å².